The van der Waals surface area contributed by atoms with Gasteiger partial charge in [-0.05, 0) is 18.6 Å². The summed E-state index contributed by atoms with van der Waals surface area (Å²) in [5.74, 6) is 0.613. The van der Waals surface area contributed by atoms with Crippen LogP contribution in [0.3, 0.4) is 0 Å². The van der Waals surface area contributed by atoms with Crippen molar-refractivity contribution < 1.29 is 14.6 Å². The molecule has 0 amide bonds. The molecule has 138 valence electrons. The summed E-state index contributed by atoms with van der Waals surface area (Å²) in [7, 11) is 0. The Labute approximate surface area is 158 Å². The lowest BCUT2D eigenvalue weighted by molar-refractivity contribution is -0.124. The summed E-state index contributed by atoms with van der Waals surface area (Å²) >= 11 is 0. The number of ether oxygens (including phenoxy) is 1. The highest BCUT2D eigenvalue weighted by atomic mass is 16.5. The third-order valence-corrected chi connectivity index (χ3v) is 5.02. The van der Waals surface area contributed by atoms with Gasteiger partial charge in [-0.3, -0.25) is 4.79 Å². The molecule has 5 nitrogen and oxygen atoms in total. The monoisotopic (exact) mass is 362 g/mol. The maximum atomic E-state index is 12.5. The molecule has 2 N–H and O–H groups in total. The van der Waals surface area contributed by atoms with E-state index in [1.807, 2.05) is 60.7 Å². The van der Waals surface area contributed by atoms with Crippen molar-refractivity contribution in [3.63, 3.8) is 0 Å². The van der Waals surface area contributed by atoms with Crippen molar-refractivity contribution in [1.29, 1.82) is 0 Å². The maximum absolute atomic E-state index is 12.5. The zero-order valence-electron chi connectivity index (χ0n) is 15.0. The van der Waals surface area contributed by atoms with Crippen LogP contribution in [0.15, 0.2) is 60.7 Å². The zero-order valence-corrected chi connectivity index (χ0v) is 15.0. The second-order valence-electron chi connectivity index (χ2n) is 6.86. The highest BCUT2D eigenvalue weighted by Gasteiger charge is 2.29. The van der Waals surface area contributed by atoms with E-state index in [1.54, 1.807) is 0 Å². The number of carbonyl (C=O) groups is 1. The molecule has 0 radical (unpaired) electrons. The molecule has 1 fully saturated rings. The molecule has 2 atom stereocenters. The van der Waals surface area contributed by atoms with E-state index in [-0.39, 0.29) is 31.0 Å². The molecule has 0 bridgehead atoms. The lowest BCUT2D eigenvalue weighted by Crippen LogP contribution is -2.25. The Morgan fingerprint density at radius 3 is 2.70 bits per heavy atom. The van der Waals surface area contributed by atoms with Crippen molar-refractivity contribution in [1.82, 2.24) is 10.3 Å². The third kappa shape index (κ3) is 3.84. The predicted molar refractivity (Wildman–Crippen MR) is 105 cm³/mol. The normalized spacial score (nSPS) is 19.3. The minimum atomic E-state index is -0.108. The molecule has 3 aromatic rings. The minimum Gasteiger partial charge on any atom is -0.485 e. The summed E-state index contributed by atoms with van der Waals surface area (Å²) in [6, 6.07) is 19.6. The van der Waals surface area contributed by atoms with Crippen LogP contribution in [-0.2, 0) is 4.79 Å². The first kappa shape index (κ1) is 17.6. The van der Waals surface area contributed by atoms with Gasteiger partial charge in [0.05, 0.1) is 17.8 Å². The molecule has 0 aliphatic carbocycles. The number of pyridine rings is 1. The van der Waals surface area contributed by atoms with Gasteiger partial charge in [0.2, 0.25) is 0 Å². The Bertz CT molecular complexity index is 943. The van der Waals surface area contributed by atoms with E-state index in [0.29, 0.717) is 18.7 Å². The van der Waals surface area contributed by atoms with Crippen molar-refractivity contribution in [3.05, 3.63) is 60.7 Å². The first-order chi connectivity index (χ1) is 13.2. The standard InChI is InChI=1S/C22H22N2O3/c25-13-17-10-16(12-23-17)21(26)14-27-22-11-20(15-6-2-1-3-7-15)24-19-9-5-4-8-18(19)22/h1-9,11,16-17,23,25H,10,12-14H2/t16-,17-/m1/s1. The molecule has 0 unspecified atom stereocenters. The summed E-state index contributed by atoms with van der Waals surface area (Å²) < 4.78 is 5.94. The molecule has 5 heteroatoms. The van der Waals surface area contributed by atoms with Crippen LogP contribution in [0.4, 0.5) is 0 Å². The highest BCUT2D eigenvalue weighted by Crippen LogP contribution is 2.30. The van der Waals surface area contributed by atoms with Gasteiger partial charge in [-0.1, -0.05) is 42.5 Å². The van der Waals surface area contributed by atoms with Crippen molar-refractivity contribution in [2.24, 2.45) is 5.92 Å². The fraction of sp³-hybridized carbons (Fsp3) is 0.273. The van der Waals surface area contributed by atoms with Gasteiger partial charge >= 0.3 is 0 Å². The van der Waals surface area contributed by atoms with E-state index >= 15 is 0 Å². The molecule has 4 rings (SSSR count). The van der Waals surface area contributed by atoms with Crippen LogP contribution in [0.2, 0.25) is 0 Å². The molecule has 0 spiro atoms. The summed E-state index contributed by atoms with van der Waals surface area (Å²) in [6.07, 6.45) is 0.658. The summed E-state index contributed by atoms with van der Waals surface area (Å²) in [5.41, 5.74) is 2.66. The summed E-state index contributed by atoms with van der Waals surface area (Å²) in [5, 5.41) is 13.3. The minimum absolute atomic E-state index is 0.00499. The number of fused-ring (bicyclic) bond motifs is 1. The van der Waals surface area contributed by atoms with Crippen molar-refractivity contribution in [2.45, 2.75) is 12.5 Å². The smallest absolute Gasteiger partial charge is 0.174 e. The number of aromatic nitrogens is 1. The van der Waals surface area contributed by atoms with Crippen LogP contribution >= 0.6 is 0 Å². The molecule has 1 aliphatic heterocycles. The van der Waals surface area contributed by atoms with Crippen molar-refractivity contribution >= 4 is 16.7 Å². The molecule has 1 saturated heterocycles. The summed E-state index contributed by atoms with van der Waals surface area (Å²) in [4.78, 5) is 17.2. The molecule has 2 heterocycles. The number of benzene rings is 2. The summed E-state index contributed by atoms with van der Waals surface area (Å²) in [6.45, 7) is 0.673. The number of Topliss-reactive ketones (excluding diaryl/α,β-unsaturated/α-hetero) is 1. The second-order valence-corrected chi connectivity index (χ2v) is 6.86. The number of carbonyl (C=O) groups excluding carboxylic acids is 1. The highest BCUT2D eigenvalue weighted by molar-refractivity contribution is 5.89. The molecular formula is C22H22N2O3. The number of nitrogens with one attached hydrogen (secondary N) is 1. The van der Waals surface area contributed by atoms with Crippen LogP contribution in [0.25, 0.3) is 22.2 Å². The van der Waals surface area contributed by atoms with Crippen molar-refractivity contribution in [2.75, 3.05) is 19.8 Å². The molecule has 27 heavy (non-hydrogen) atoms. The van der Waals surface area contributed by atoms with Gasteiger partial charge in [0.15, 0.2) is 5.78 Å². The predicted octanol–water partition coefficient (Wildman–Crippen LogP) is 2.82. The SMILES string of the molecule is O=C(COc1cc(-c2ccccc2)nc2ccccc12)[C@H]1CN[C@@H](CO)C1. The maximum Gasteiger partial charge on any atom is 0.174 e. The van der Waals surface area contributed by atoms with Crippen LogP contribution in [-0.4, -0.2) is 41.7 Å². The van der Waals surface area contributed by atoms with Crippen molar-refractivity contribution in [3.8, 4) is 17.0 Å². The van der Waals surface area contributed by atoms with Gasteiger partial charge in [-0.15, -0.1) is 0 Å². The number of ketones is 1. The number of hydrogen-bond acceptors (Lipinski definition) is 5. The van der Waals surface area contributed by atoms with Gasteiger partial charge in [0.25, 0.3) is 0 Å². The van der Waals surface area contributed by atoms with Gasteiger partial charge in [0.1, 0.15) is 12.4 Å². The van der Waals surface area contributed by atoms with E-state index in [0.717, 1.165) is 22.2 Å². The molecule has 2 aromatic carbocycles. The Morgan fingerprint density at radius 2 is 1.93 bits per heavy atom. The van der Waals surface area contributed by atoms with E-state index < -0.39 is 0 Å². The molecular weight excluding hydrogens is 340 g/mol. The average molecular weight is 362 g/mol. The van der Waals surface area contributed by atoms with Crippen LogP contribution in [0.5, 0.6) is 5.75 Å². The Balaban J connectivity index is 1.58. The van der Waals surface area contributed by atoms with Crippen LogP contribution in [0, 0.1) is 5.92 Å². The Morgan fingerprint density at radius 1 is 1.15 bits per heavy atom. The van der Waals surface area contributed by atoms with Gasteiger partial charge in [-0.25, -0.2) is 4.98 Å². The quantitative estimate of drug-likeness (QED) is 0.706. The fourth-order valence-corrected chi connectivity index (χ4v) is 3.49. The third-order valence-electron chi connectivity index (χ3n) is 5.02. The van der Waals surface area contributed by atoms with Gasteiger partial charge in [0, 0.05) is 35.5 Å². The van der Waals surface area contributed by atoms with Crippen LogP contribution < -0.4 is 10.1 Å². The first-order valence-corrected chi connectivity index (χ1v) is 9.19. The Kier molecular flexibility index (Phi) is 5.14. The van der Waals surface area contributed by atoms with E-state index in [1.165, 1.54) is 0 Å². The van der Waals surface area contributed by atoms with Gasteiger partial charge < -0.3 is 15.2 Å². The second kappa shape index (κ2) is 7.86. The molecule has 1 aliphatic rings. The van der Waals surface area contributed by atoms with E-state index in [2.05, 4.69) is 5.32 Å². The Hall–Kier alpha value is -2.76. The van der Waals surface area contributed by atoms with Crippen LogP contribution in [0.1, 0.15) is 6.42 Å². The number of nitrogens with zero attached hydrogens (tertiary/aromatic N) is 1. The number of para-hydroxylation sites is 1. The lowest BCUT2D eigenvalue weighted by atomic mass is 10.0. The topological polar surface area (TPSA) is 71.5 Å². The van der Waals surface area contributed by atoms with E-state index in [4.69, 9.17) is 9.72 Å². The largest absolute Gasteiger partial charge is 0.485 e. The number of aliphatic hydroxyl groups excluding tert-OH is 1. The first-order valence-electron chi connectivity index (χ1n) is 9.19. The lowest BCUT2D eigenvalue weighted by Gasteiger charge is -2.13. The zero-order chi connectivity index (χ0) is 18.6. The fourth-order valence-electron chi connectivity index (χ4n) is 3.49. The average Bonchev–Trinajstić information content (AvgIpc) is 3.21. The molecule has 0 saturated carbocycles. The molecule has 1 aromatic heterocycles. The van der Waals surface area contributed by atoms with E-state index in [9.17, 15) is 9.90 Å². The number of rotatable bonds is 6. The van der Waals surface area contributed by atoms with Gasteiger partial charge in [-0.2, -0.15) is 0 Å². The number of aliphatic hydroxyl groups is 1. The number of hydrogen-bond donors (Lipinski definition) is 2.